The zero-order valence-electron chi connectivity index (χ0n) is 12.6. The Bertz CT molecular complexity index is 1090. The van der Waals surface area contributed by atoms with Gasteiger partial charge in [0.1, 0.15) is 6.29 Å². The number of carbonyl (C=O) groups excluding carboxylic acids is 1. The summed E-state index contributed by atoms with van der Waals surface area (Å²) in [6.45, 7) is 0. The molecular formula is C18H13ClN2O3. The van der Waals surface area contributed by atoms with Crippen LogP contribution in [-0.2, 0) is 0 Å². The first-order valence-electron chi connectivity index (χ1n) is 7.63. The average Bonchev–Trinajstić information content (AvgIpc) is 3.40. The normalized spacial score (nSPS) is 14.0. The maximum Gasteiger partial charge on any atom is 0.333 e. The van der Waals surface area contributed by atoms with Crippen LogP contribution in [0.25, 0.3) is 16.6 Å². The minimum atomic E-state index is -0.554. The Morgan fingerprint density at radius 3 is 2.58 bits per heavy atom. The van der Waals surface area contributed by atoms with Crippen molar-refractivity contribution in [2.24, 2.45) is 0 Å². The first kappa shape index (κ1) is 14.9. The first-order chi connectivity index (χ1) is 11.6. The number of hydrogen-bond acceptors (Lipinski definition) is 3. The molecule has 0 spiro atoms. The number of rotatable bonds is 3. The highest BCUT2D eigenvalue weighted by atomic mass is 35.5. The summed E-state index contributed by atoms with van der Waals surface area (Å²) >= 11 is 6.24. The molecule has 6 heteroatoms. The third-order valence-electron chi connectivity index (χ3n) is 4.35. The molecule has 1 aromatic heterocycles. The van der Waals surface area contributed by atoms with Crippen LogP contribution in [0, 0.1) is 0 Å². The van der Waals surface area contributed by atoms with Crippen LogP contribution in [0.1, 0.15) is 34.7 Å². The molecule has 1 N–H and O–H groups in total. The van der Waals surface area contributed by atoms with E-state index >= 15 is 0 Å². The Labute approximate surface area is 141 Å². The number of aldehydes is 1. The second-order valence-corrected chi connectivity index (χ2v) is 6.34. The third-order valence-corrected chi connectivity index (χ3v) is 4.67. The quantitative estimate of drug-likeness (QED) is 0.745. The molecule has 4 rings (SSSR count). The standard InChI is InChI=1S/C18H13ClN2O3/c19-14-3-1-2-4-15(14)21-16-8-12(10-5-6-10)11(9-22)7-13(16)17(23)20-18(21)24/h1-4,7-10H,5-6H2,(H,20,23,24). The summed E-state index contributed by atoms with van der Waals surface area (Å²) in [6, 6.07) is 10.3. The zero-order chi connectivity index (χ0) is 16.8. The highest BCUT2D eigenvalue weighted by molar-refractivity contribution is 6.32. The minimum absolute atomic E-state index is 0.293. The summed E-state index contributed by atoms with van der Waals surface area (Å²) in [5, 5.41) is 0.696. The van der Waals surface area contributed by atoms with Gasteiger partial charge in [-0.3, -0.25) is 19.1 Å². The highest BCUT2D eigenvalue weighted by Crippen LogP contribution is 2.42. The minimum Gasteiger partial charge on any atom is -0.298 e. The lowest BCUT2D eigenvalue weighted by Gasteiger charge is -2.13. The molecule has 1 saturated carbocycles. The Balaban J connectivity index is 2.15. The summed E-state index contributed by atoms with van der Waals surface area (Å²) in [5.74, 6) is 0.309. The van der Waals surface area contributed by atoms with Crippen LogP contribution >= 0.6 is 11.6 Å². The van der Waals surface area contributed by atoms with E-state index in [0.29, 0.717) is 33.1 Å². The van der Waals surface area contributed by atoms with Crippen molar-refractivity contribution in [2.45, 2.75) is 18.8 Å². The fourth-order valence-electron chi connectivity index (χ4n) is 3.04. The lowest BCUT2D eigenvalue weighted by molar-refractivity contribution is 0.112. The van der Waals surface area contributed by atoms with Crippen LogP contribution < -0.4 is 11.2 Å². The van der Waals surface area contributed by atoms with Crippen molar-refractivity contribution in [1.29, 1.82) is 0 Å². The molecule has 1 heterocycles. The third kappa shape index (κ3) is 2.29. The molecule has 0 atom stereocenters. The van der Waals surface area contributed by atoms with E-state index in [1.807, 2.05) is 0 Å². The summed E-state index contributed by atoms with van der Waals surface area (Å²) in [5.41, 5.74) is 1.27. The van der Waals surface area contributed by atoms with Crippen LogP contribution in [0.15, 0.2) is 46.0 Å². The molecule has 0 radical (unpaired) electrons. The monoisotopic (exact) mass is 340 g/mol. The maximum absolute atomic E-state index is 12.4. The highest BCUT2D eigenvalue weighted by Gasteiger charge is 2.27. The van der Waals surface area contributed by atoms with Gasteiger partial charge in [-0.1, -0.05) is 23.7 Å². The predicted molar refractivity (Wildman–Crippen MR) is 92.5 cm³/mol. The van der Waals surface area contributed by atoms with Crippen LogP contribution in [0.4, 0.5) is 0 Å². The average molecular weight is 341 g/mol. The number of hydrogen-bond donors (Lipinski definition) is 1. The molecule has 2 aromatic carbocycles. The Hall–Kier alpha value is -2.66. The van der Waals surface area contributed by atoms with Gasteiger partial charge in [0, 0.05) is 5.56 Å². The van der Waals surface area contributed by atoms with E-state index in [2.05, 4.69) is 4.98 Å². The van der Waals surface area contributed by atoms with Gasteiger partial charge in [0.25, 0.3) is 5.56 Å². The van der Waals surface area contributed by atoms with Gasteiger partial charge in [-0.25, -0.2) is 4.79 Å². The molecule has 1 aliphatic carbocycles. The van der Waals surface area contributed by atoms with Gasteiger partial charge in [0.05, 0.1) is 21.6 Å². The van der Waals surface area contributed by atoms with E-state index in [0.717, 1.165) is 24.7 Å². The van der Waals surface area contributed by atoms with Crippen molar-refractivity contribution < 1.29 is 4.79 Å². The number of carbonyl (C=O) groups is 1. The molecule has 0 saturated heterocycles. The number of fused-ring (bicyclic) bond motifs is 1. The molecule has 0 aliphatic heterocycles. The van der Waals surface area contributed by atoms with E-state index < -0.39 is 11.2 Å². The van der Waals surface area contributed by atoms with Crippen LogP contribution in [-0.4, -0.2) is 15.8 Å². The van der Waals surface area contributed by atoms with Crippen LogP contribution in [0.2, 0.25) is 5.02 Å². The van der Waals surface area contributed by atoms with Crippen molar-refractivity contribution >= 4 is 28.8 Å². The molecule has 0 bridgehead atoms. The Morgan fingerprint density at radius 2 is 1.92 bits per heavy atom. The van der Waals surface area contributed by atoms with Gasteiger partial charge in [0.2, 0.25) is 0 Å². The zero-order valence-corrected chi connectivity index (χ0v) is 13.3. The lowest BCUT2D eigenvalue weighted by Crippen LogP contribution is -2.29. The van der Waals surface area contributed by atoms with Crippen molar-refractivity contribution in [2.75, 3.05) is 0 Å². The smallest absolute Gasteiger partial charge is 0.298 e. The van der Waals surface area contributed by atoms with Crippen molar-refractivity contribution in [3.05, 3.63) is 73.4 Å². The summed E-state index contributed by atoms with van der Waals surface area (Å²) in [7, 11) is 0. The number of benzene rings is 2. The summed E-state index contributed by atoms with van der Waals surface area (Å²) < 4.78 is 1.39. The van der Waals surface area contributed by atoms with Gasteiger partial charge < -0.3 is 0 Å². The van der Waals surface area contributed by atoms with E-state index in [-0.39, 0.29) is 0 Å². The lowest BCUT2D eigenvalue weighted by atomic mass is 10.0. The van der Waals surface area contributed by atoms with Gasteiger partial charge in [-0.2, -0.15) is 0 Å². The second kappa shape index (κ2) is 5.46. The molecule has 1 aliphatic rings. The number of para-hydroxylation sites is 1. The molecule has 1 fully saturated rings. The topological polar surface area (TPSA) is 71.9 Å². The Kier molecular flexibility index (Phi) is 3.39. The Morgan fingerprint density at radius 1 is 1.17 bits per heavy atom. The van der Waals surface area contributed by atoms with Crippen molar-refractivity contribution in [1.82, 2.24) is 9.55 Å². The first-order valence-corrected chi connectivity index (χ1v) is 8.01. The molecule has 0 amide bonds. The number of H-pyrrole nitrogens is 1. The number of aromatic nitrogens is 2. The van der Waals surface area contributed by atoms with E-state index in [1.54, 1.807) is 36.4 Å². The van der Waals surface area contributed by atoms with E-state index in [9.17, 15) is 14.4 Å². The molecule has 24 heavy (non-hydrogen) atoms. The van der Waals surface area contributed by atoms with Gasteiger partial charge in [0.15, 0.2) is 0 Å². The summed E-state index contributed by atoms with van der Waals surface area (Å²) in [6.07, 6.45) is 2.77. The molecule has 3 aromatic rings. The molecular weight excluding hydrogens is 328 g/mol. The molecule has 120 valence electrons. The fourth-order valence-corrected chi connectivity index (χ4v) is 3.26. The fraction of sp³-hybridized carbons (Fsp3) is 0.167. The van der Waals surface area contributed by atoms with E-state index in [4.69, 9.17) is 11.6 Å². The van der Waals surface area contributed by atoms with Crippen LogP contribution in [0.3, 0.4) is 0 Å². The maximum atomic E-state index is 12.4. The van der Waals surface area contributed by atoms with Gasteiger partial charge in [-0.15, -0.1) is 0 Å². The van der Waals surface area contributed by atoms with E-state index in [1.165, 1.54) is 4.57 Å². The number of nitrogens with zero attached hydrogens (tertiary/aromatic N) is 1. The van der Waals surface area contributed by atoms with Crippen LogP contribution in [0.5, 0.6) is 0 Å². The number of halogens is 1. The molecule has 5 nitrogen and oxygen atoms in total. The predicted octanol–water partition coefficient (Wildman–Crippen LogP) is 3.02. The van der Waals surface area contributed by atoms with Gasteiger partial charge >= 0.3 is 5.69 Å². The molecule has 0 unspecified atom stereocenters. The second-order valence-electron chi connectivity index (χ2n) is 5.94. The SMILES string of the molecule is O=Cc1cc2c(=O)[nH]c(=O)n(-c3ccccc3Cl)c2cc1C1CC1. The number of nitrogens with one attached hydrogen (secondary N) is 1. The summed E-state index contributed by atoms with van der Waals surface area (Å²) in [4.78, 5) is 38.3. The van der Waals surface area contributed by atoms with Gasteiger partial charge in [-0.05, 0) is 48.6 Å². The largest absolute Gasteiger partial charge is 0.333 e. The van der Waals surface area contributed by atoms with Crippen molar-refractivity contribution in [3.63, 3.8) is 0 Å². The van der Waals surface area contributed by atoms with Crippen molar-refractivity contribution in [3.8, 4) is 5.69 Å². The number of aromatic amines is 1.